The van der Waals surface area contributed by atoms with Gasteiger partial charge in [-0.05, 0) is 18.9 Å². The Morgan fingerprint density at radius 3 is 2.76 bits per heavy atom. The summed E-state index contributed by atoms with van der Waals surface area (Å²) in [6, 6.07) is 9.79. The molecule has 0 saturated carbocycles. The van der Waals surface area contributed by atoms with Gasteiger partial charge in [-0.2, -0.15) is 0 Å². The third-order valence-electron chi connectivity index (χ3n) is 3.15. The van der Waals surface area contributed by atoms with Gasteiger partial charge in [-0.15, -0.1) is 0 Å². The lowest BCUT2D eigenvalue weighted by atomic mass is 9.98. The van der Waals surface area contributed by atoms with E-state index in [-0.39, 0.29) is 11.9 Å². The lowest BCUT2D eigenvalue weighted by Gasteiger charge is -2.24. The Morgan fingerprint density at radius 1 is 1.47 bits per heavy atom. The van der Waals surface area contributed by atoms with Gasteiger partial charge in [0, 0.05) is 6.61 Å². The van der Waals surface area contributed by atoms with Crippen LogP contribution in [0.25, 0.3) is 0 Å². The number of carbonyl (C=O) groups excluding carboxylic acids is 1. The molecule has 3 N–H and O–H groups in total. The second kappa shape index (κ2) is 4.85. The standard InChI is InChI=1S/C13H18N2O2/c1-10(11-5-3-2-4-6-11)15-12(16)13(14)7-8-17-9-13/h2-6,10H,7-9,14H2,1H3,(H,15,16)/t10-,13?/m0/s1. The molecule has 1 fully saturated rings. The molecule has 92 valence electrons. The zero-order valence-electron chi connectivity index (χ0n) is 9.98. The number of benzene rings is 1. The number of hydrogen-bond donors (Lipinski definition) is 2. The fourth-order valence-electron chi connectivity index (χ4n) is 1.93. The molecule has 2 atom stereocenters. The minimum Gasteiger partial charge on any atom is -0.379 e. The van der Waals surface area contributed by atoms with Crippen LogP contribution in [0.3, 0.4) is 0 Å². The summed E-state index contributed by atoms with van der Waals surface area (Å²) in [5.41, 5.74) is 6.21. The normalized spacial score (nSPS) is 25.5. The van der Waals surface area contributed by atoms with Gasteiger partial charge in [0.2, 0.25) is 5.91 Å². The monoisotopic (exact) mass is 234 g/mol. The van der Waals surface area contributed by atoms with E-state index in [1.165, 1.54) is 0 Å². The highest BCUT2D eigenvalue weighted by Gasteiger charge is 2.38. The molecule has 4 nitrogen and oxygen atoms in total. The number of hydrogen-bond acceptors (Lipinski definition) is 3. The van der Waals surface area contributed by atoms with Gasteiger partial charge in [0.15, 0.2) is 0 Å². The van der Waals surface area contributed by atoms with E-state index in [0.717, 1.165) is 5.56 Å². The molecule has 0 radical (unpaired) electrons. The predicted octanol–water partition coefficient (Wildman–Crippen LogP) is 0.982. The van der Waals surface area contributed by atoms with Crippen LogP contribution in [0.5, 0.6) is 0 Å². The van der Waals surface area contributed by atoms with Crippen molar-refractivity contribution in [3.8, 4) is 0 Å². The first-order valence-electron chi connectivity index (χ1n) is 5.84. The topological polar surface area (TPSA) is 64.4 Å². The van der Waals surface area contributed by atoms with E-state index in [9.17, 15) is 4.79 Å². The number of nitrogens with two attached hydrogens (primary N) is 1. The van der Waals surface area contributed by atoms with Crippen molar-refractivity contribution in [1.82, 2.24) is 5.32 Å². The summed E-state index contributed by atoms with van der Waals surface area (Å²) in [5.74, 6) is -0.133. The van der Waals surface area contributed by atoms with Gasteiger partial charge >= 0.3 is 0 Å². The van der Waals surface area contributed by atoms with E-state index in [0.29, 0.717) is 19.6 Å². The maximum absolute atomic E-state index is 12.0. The highest BCUT2D eigenvalue weighted by atomic mass is 16.5. The van der Waals surface area contributed by atoms with Crippen molar-refractivity contribution in [2.45, 2.75) is 24.9 Å². The minimum atomic E-state index is -0.858. The van der Waals surface area contributed by atoms with Crippen LogP contribution < -0.4 is 11.1 Å². The average Bonchev–Trinajstić information content (AvgIpc) is 2.78. The van der Waals surface area contributed by atoms with Crippen LogP contribution >= 0.6 is 0 Å². The molecular weight excluding hydrogens is 216 g/mol. The van der Waals surface area contributed by atoms with Gasteiger partial charge in [0.05, 0.1) is 12.6 Å². The third kappa shape index (κ3) is 2.65. The van der Waals surface area contributed by atoms with Gasteiger partial charge in [0.1, 0.15) is 5.54 Å². The van der Waals surface area contributed by atoms with Gasteiger partial charge < -0.3 is 15.8 Å². The molecule has 17 heavy (non-hydrogen) atoms. The first-order valence-corrected chi connectivity index (χ1v) is 5.84. The SMILES string of the molecule is C[C@H](NC(=O)C1(N)CCOC1)c1ccccc1. The molecule has 4 heteroatoms. The highest BCUT2D eigenvalue weighted by molar-refractivity contribution is 5.86. The molecule has 0 bridgehead atoms. The van der Waals surface area contributed by atoms with E-state index < -0.39 is 5.54 Å². The molecule has 1 aromatic rings. The molecule has 1 aliphatic heterocycles. The van der Waals surface area contributed by atoms with Crippen molar-refractivity contribution in [3.63, 3.8) is 0 Å². The van der Waals surface area contributed by atoms with Crippen molar-refractivity contribution in [2.75, 3.05) is 13.2 Å². The smallest absolute Gasteiger partial charge is 0.243 e. The Morgan fingerprint density at radius 2 is 2.18 bits per heavy atom. The molecule has 0 aliphatic carbocycles. The number of amides is 1. The summed E-state index contributed by atoms with van der Waals surface area (Å²) in [7, 11) is 0. The summed E-state index contributed by atoms with van der Waals surface area (Å²) in [6.07, 6.45) is 0.584. The number of ether oxygens (including phenoxy) is 1. The fourth-order valence-corrected chi connectivity index (χ4v) is 1.93. The quantitative estimate of drug-likeness (QED) is 0.819. The van der Waals surface area contributed by atoms with Crippen LogP contribution in [-0.2, 0) is 9.53 Å². The first-order chi connectivity index (χ1) is 8.12. The molecule has 0 aromatic heterocycles. The Kier molecular flexibility index (Phi) is 3.45. The van der Waals surface area contributed by atoms with Crippen molar-refractivity contribution in [3.05, 3.63) is 35.9 Å². The molecule has 1 heterocycles. The second-order valence-corrected chi connectivity index (χ2v) is 4.56. The maximum atomic E-state index is 12.0. The van der Waals surface area contributed by atoms with Crippen LogP contribution in [0, 0.1) is 0 Å². The summed E-state index contributed by atoms with van der Waals surface area (Å²) in [5, 5.41) is 2.93. The average molecular weight is 234 g/mol. The van der Waals surface area contributed by atoms with Gasteiger partial charge in [-0.25, -0.2) is 0 Å². The van der Waals surface area contributed by atoms with E-state index in [1.54, 1.807) is 0 Å². The first kappa shape index (κ1) is 12.1. The van der Waals surface area contributed by atoms with Crippen LogP contribution in [0.15, 0.2) is 30.3 Å². The largest absolute Gasteiger partial charge is 0.379 e. The number of nitrogens with one attached hydrogen (secondary N) is 1. The zero-order valence-corrected chi connectivity index (χ0v) is 9.98. The van der Waals surface area contributed by atoms with Crippen LogP contribution in [0.1, 0.15) is 24.9 Å². The Bertz CT molecular complexity index is 386. The third-order valence-corrected chi connectivity index (χ3v) is 3.15. The molecule has 2 rings (SSSR count). The minimum absolute atomic E-state index is 0.0373. The highest BCUT2D eigenvalue weighted by Crippen LogP contribution is 2.18. The molecule has 1 aliphatic rings. The van der Waals surface area contributed by atoms with Crippen LogP contribution in [0.2, 0.25) is 0 Å². The van der Waals surface area contributed by atoms with Gasteiger partial charge in [0.25, 0.3) is 0 Å². The predicted molar refractivity (Wildman–Crippen MR) is 65.4 cm³/mol. The van der Waals surface area contributed by atoms with E-state index in [1.807, 2.05) is 37.3 Å². The van der Waals surface area contributed by atoms with E-state index in [2.05, 4.69) is 5.32 Å². The van der Waals surface area contributed by atoms with Crippen molar-refractivity contribution in [2.24, 2.45) is 5.73 Å². The second-order valence-electron chi connectivity index (χ2n) is 4.56. The van der Waals surface area contributed by atoms with E-state index >= 15 is 0 Å². The maximum Gasteiger partial charge on any atom is 0.243 e. The molecule has 0 spiro atoms. The van der Waals surface area contributed by atoms with Crippen LogP contribution in [0.4, 0.5) is 0 Å². The van der Waals surface area contributed by atoms with E-state index in [4.69, 9.17) is 10.5 Å². The molecule has 1 unspecified atom stereocenters. The molecule has 1 saturated heterocycles. The van der Waals surface area contributed by atoms with Crippen molar-refractivity contribution in [1.29, 1.82) is 0 Å². The van der Waals surface area contributed by atoms with Crippen molar-refractivity contribution < 1.29 is 9.53 Å². The Hall–Kier alpha value is -1.39. The Balaban J connectivity index is 1.99. The molecule has 1 amide bonds. The summed E-state index contributed by atoms with van der Waals surface area (Å²) in [6.45, 7) is 2.82. The molecule has 1 aromatic carbocycles. The number of carbonyl (C=O) groups is 1. The Labute approximate surface area is 101 Å². The van der Waals surface area contributed by atoms with Crippen LogP contribution in [-0.4, -0.2) is 24.7 Å². The lowest BCUT2D eigenvalue weighted by molar-refractivity contribution is -0.127. The number of rotatable bonds is 3. The molecular formula is C13H18N2O2. The summed E-state index contributed by atoms with van der Waals surface area (Å²) in [4.78, 5) is 12.0. The summed E-state index contributed by atoms with van der Waals surface area (Å²) < 4.78 is 5.18. The lowest BCUT2D eigenvalue weighted by Crippen LogP contribution is -2.54. The summed E-state index contributed by atoms with van der Waals surface area (Å²) >= 11 is 0. The van der Waals surface area contributed by atoms with Crippen molar-refractivity contribution >= 4 is 5.91 Å². The van der Waals surface area contributed by atoms with Gasteiger partial charge in [-0.3, -0.25) is 4.79 Å². The van der Waals surface area contributed by atoms with Gasteiger partial charge in [-0.1, -0.05) is 30.3 Å². The fraction of sp³-hybridized carbons (Fsp3) is 0.462. The zero-order chi connectivity index (χ0) is 12.3.